The molecule has 0 spiro atoms. The van der Waals surface area contributed by atoms with Crippen LogP contribution in [0.2, 0.25) is 0 Å². The Kier molecular flexibility index (Phi) is 10.5. The summed E-state index contributed by atoms with van der Waals surface area (Å²) in [5, 5.41) is 9.87. The molecular weight excluding hydrogens is 448 g/mol. The van der Waals surface area contributed by atoms with Gasteiger partial charge in [0.2, 0.25) is 0 Å². The number of esters is 2. The minimum Gasteiger partial charge on any atom is -0.493 e. The van der Waals surface area contributed by atoms with Crippen LogP contribution in [-0.2, 0) is 24.5 Å². The third-order valence-corrected chi connectivity index (χ3v) is 5.39. The van der Waals surface area contributed by atoms with E-state index in [1.807, 2.05) is 55.5 Å². The lowest BCUT2D eigenvalue weighted by Crippen LogP contribution is -2.24. The zero-order valence-electron chi connectivity index (χ0n) is 20.6. The van der Waals surface area contributed by atoms with Gasteiger partial charge >= 0.3 is 11.9 Å². The van der Waals surface area contributed by atoms with Gasteiger partial charge in [-0.05, 0) is 35.4 Å². The van der Waals surface area contributed by atoms with E-state index < -0.39 is 18.0 Å². The number of hydrogen-bond acceptors (Lipinski definition) is 7. The summed E-state index contributed by atoms with van der Waals surface area (Å²) in [6.07, 6.45) is 1.26. The van der Waals surface area contributed by atoms with Crippen molar-refractivity contribution in [1.29, 1.82) is 0 Å². The van der Waals surface area contributed by atoms with E-state index in [1.54, 1.807) is 0 Å². The highest BCUT2D eigenvalue weighted by Gasteiger charge is 2.23. The highest BCUT2D eigenvalue weighted by atomic mass is 16.5. The van der Waals surface area contributed by atoms with Gasteiger partial charge in [0.25, 0.3) is 0 Å². The van der Waals surface area contributed by atoms with Crippen molar-refractivity contribution < 1.29 is 33.6 Å². The lowest BCUT2D eigenvalue weighted by molar-refractivity contribution is -0.141. The van der Waals surface area contributed by atoms with Gasteiger partial charge in [-0.1, -0.05) is 58.2 Å². The number of carbonyl (C=O) groups excluding carboxylic acids is 2. The second-order valence-corrected chi connectivity index (χ2v) is 8.72. The average Bonchev–Trinajstić information content (AvgIpc) is 2.88. The lowest BCUT2D eigenvalue weighted by Gasteiger charge is -2.26. The Bertz CT molecular complexity index is 898. The summed E-state index contributed by atoms with van der Waals surface area (Å²) in [5.41, 5.74) is 1.95. The van der Waals surface area contributed by atoms with Crippen LogP contribution in [-0.4, -0.2) is 49.6 Å². The molecule has 2 aromatic carbocycles. The molecule has 0 bridgehead atoms. The molecule has 0 saturated heterocycles. The fourth-order valence-corrected chi connectivity index (χ4v) is 3.15. The van der Waals surface area contributed by atoms with Crippen molar-refractivity contribution in [2.24, 2.45) is 5.92 Å². The van der Waals surface area contributed by atoms with Gasteiger partial charge in [0.1, 0.15) is 30.8 Å². The number of rotatable bonds is 14. The maximum Gasteiger partial charge on any atom is 0.330 e. The highest BCUT2D eigenvalue weighted by Crippen LogP contribution is 2.33. The summed E-state index contributed by atoms with van der Waals surface area (Å²) in [5.74, 6) is 0.380. The first kappa shape index (κ1) is 27.7. The maximum atomic E-state index is 11.2. The van der Waals surface area contributed by atoms with E-state index in [0.29, 0.717) is 12.4 Å². The summed E-state index contributed by atoms with van der Waals surface area (Å²) in [7, 11) is 0. The van der Waals surface area contributed by atoms with Crippen LogP contribution in [0.5, 0.6) is 11.5 Å². The van der Waals surface area contributed by atoms with Crippen LogP contribution in [0.3, 0.4) is 0 Å². The molecule has 0 heterocycles. The molecular formula is C28H34O7. The van der Waals surface area contributed by atoms with Crippen LogP contribution < -0.4 is 9.47 Å². The summed E-state index contributed by atoms with van der Waals surface area (Å²) >= 11 is 0. The largest absolute Gasteiger partial charge is 0.493 e. The van der Waals surface area contributed by atoms with Gasteiger partial charge < -0.3 is 24.1 Å². The SMILES string of the molecule is C=CC(=O)OCC(C)COc1ccc(C(C)(C)c2ccc(OCC(O)COC(=O)C=C)cc2)cc1. The molecule has 1 N–H and O–H groups in total. The topological polar surface area (TPSA) is 91.3 Å². The monoisotopic (exact) mass is 482 g/mol. The van der Waals surface area contributed by atoms with Crippen LogP contribution >= 0.6 is 0 Å². The second kappa shape index (κ2) is 13.3. The van der Waals surface area contributed by atoms with Crippen molar-refractivity contribution in [3.63, 3.8) is 0 Å². The molecule has 35 heavy (non-hydrogen) atoms. The van der Waals surface area contributed by atoms with Gasteiger partial charge in [0.05, 0.1) is 13.2 Å². The molecule has 0 amide bonds. The number of carbonyl (C=O) groups is 2. The van der Waals surface area contributed by atoms with E-state index in [9.17, 15) is 14.7 Å². The van der Waals surface area contributed by atoms with Crippen molar-refractivity contribution in [2.45, 2.75) is 32.3 Å². The summed E-state index contributed by atoms with van der Waals surface area (Å²) in [6.45, 7) is 13.4. The van der Waals surface area contributed by atoms with Crippen LogP contribution in [0.1, 0.15) is 31.9 Å². The molecule has 2 rings (SSSR count). The predicted molar refractivity (Wildman–Crippen MR) is 133 cm³/mol. The zero-order chi connectivity index (χ0) is 25.8. The first-order valence-electron chi connectivity index (χ1n) is 11.4. The van der Waals surface area contributed by atoms with Crippen molar-refractivity contribution in [3.05, 3.63) is 85.0 Å². The average molecular weight is 483 g/mol. The third-order valence-electron chi connectivity index (χ3n) is 5.39. The molecule has 0 aliphatic carbocycles. The Morgan fingerprint density at radius 2 is 1.23 bits per heavy atom. The fourth-order valence-electron chi connectivity index (χ4n) is 3.15. The van der Waals surface area contributed by atoms with Crippen LogP contribution in [0.4, 0.5) is 0 Å². The van der Waals surface area contributed by atoms with Crippen molar-refractivity contribution >= 4 is 11.9 Å². The van der Waals surface area contributed by atoms with E-state index in [2.05, 4.69) is 27.0 Å². The van der Waals surface area contributed by atoms with Gasteiger partial charge in [0, 0.05) is 23.5 Å². The minimum absolute atomic E-state index is 0.00390. The highest BCUT2D eigenvalue weighted by molar-refractivity contribution is 5.81. The first-order valence-corrected chi connectivity index (χ1v) is 11.4. The smallest absolute Gasteiger partial charge is 0.330 e. The van der Waals surface area contributed by atoms with Crippen molar-refractivity contribution in [3.8, 4) is 11.5 Å². The second-order valence-electron chi connectivity index (χ2n) is 8.72. The van der Waals surface area contributed by atoms with Gasteiger partial charge in [0.15, 0.2) is 0 Å². The molecule has 2 atom stereocenters. The van der Waals surface area contributed by atoms with E-state index in [4.69, 9.17) is 18.9 Å². The molecule has 7 heteroatoms. The minimum atomic E-state index is -0.930. The number of benzene rings is 2. The maximum absolute atomic E-state index is 11.2. The van der Waals surface area contributed by atoms with Crippen molar-refractivity contribution in [2.75, 3.05) is 26.4 Å². The van der Waals surface area contributed by atoms with Gasteiger partial charge in [-0.25, -0.2) is 9.59 Å². The summed E-state index contributed by atoms with van der Waals surface area (Å²) < 4.78 is 21.2. The number of hydrogen-bond donors (Lipinski definition) is 1. The standard InChI is InChI=1S/C28H34O7/c1-6-26(30)34-17-20(3)16-32-24-12-8-21(9-13-24)28(4,5)22-10-14-25(15-11-22)33-18-23(29)19-35-27(31)7-2/h6-15,20,23,29H,1-2,16-19H2,3-5H3. The molecule has 0 saturated carbocycles. The summed E-state index contributed by atoms with van der Waals surface area (Å²) in [4.78, 5) is 22.2. The Morgan fingerprint density at radius 3 is 1.69 bits per heavy atom. The number of ether oxygens (including phenoxy) is 4. The Balaban J connectivity index is 1.89. The predicted octanol–water partition coefficient (Wildman–Crippen LogP) is 4.23. The van der Waals surface area contributed by atoms with Gasteiger partial charge in [-0.2, -0.15) is 0 Å². The van der Waals surface area contributed by atoms with Gasteiger partial charge in [-0.3, -0.25) is 0 Å². The molecule has 2 aromatic rings. The molecule has 0 radical (unpaired) electrons. The Labute approximate surface area is 207 Å². The Morgan fingerprint density at radius 1 is 0.800 bits per heavy atom. The molecule has 0 aliphatic rings. The van der Waals surface area contributed by atoms with Crippen LogP contribution in [0, 0.1) is 5.92 Å². The van der Waals surface area contributed by atoms with Crippen LogP contribution in [0.25, 0.3) is 0 Å². The lowest BCUT2D eigenvalue weighted by atomic mass is 9.78. The Hall–Kier alpha value is -3.58. The van der Waals surface area contributed by atoms with Crippen molar-refractivity contribution in [1.82, 2.24) is 0 Å². The van der Waals surface area contributed by atoms with E-state index >= 15 is 0 Å². The first-order chi connectivity index (χ1) is 16.6. The normalized spacial score (nSPS) is 12.7. The molecule has 188 valence electrons. The number of aliphatic hydroxyl groups excluding tert-OH is 1. The van der Waals surface area contributed by atoms with E-state index in [0.717, 1.165) is 29.0 Å². The molecule has 2 unspecified atom stereocenters. The van der Waals surface area contributed by atoms with Crippen LogP contribution in [0.15, 0.2) is 73.8 Å². The molecule has 0 aromatic heterocycles. The zero-order valence-corrected chi connectivity index (χ0v) is 20.6. The molecule has 0 fully saturated rings. The number of aliphatic hydroxyl groups is 1. The van der Waals surface area contributed by atoms with Gasteiger partial charge in [-0.15, -0.1) is 0 Å². The molecule has 0 aliphatic heterocycles. The molecule has 7 nitrogen and oxygen atoms in total. The third kappa shape index (κ3) is 8.94. The fraction of sp³-hybridized carbons (Fsp3) is 0.357. The van der Waals surface area contributed by atoms with E-state index in [-0.39, 0.29) is 31.2 Å². The summed E-state index contributed by atoms with van der Waals surface area (Å²) in [6, 6.07) is 15.6. The quantitative estimate of drug-likeness (QED) is 0.318. The van der Waals surface area contributed by atoms with E-state index in [1.165, 1.54) is 0 Å².